The molecule has 0 bridgehead atoms. The quantitative estimate of drug-likeness (QED) is 0.864. The second-order valence-corrected chi connectivity index (χ2v) is 6.90. The molecule has 0 radical (unpaired) electrons. The fraction of sp³-hybridized carbons (Fsp3) is 0.444. The summed E-state index contributed by atoms with van der Waals surface area (Å²) >= 11 is 1.90. The van der Waals surface area contributed by atoms with Gasteiger partial charge in [-0.1, -0.05) is 18.2 Å². The molecular weight excluding hydrogens is 278 g/mol. The molecule has 0 fully saturated rings. The van der Waals surface area contributed by atoms with Crippen molar-refractivity contribution in [3.8, 4) is 5.75 Å². The zero-order chi connectivity index (χ0) is 14.7. The standard InChI is InChI=1S/C18H23NOS/c1-13(2)20-17-8-4-3-6-14(17)12-19-16-7-5-9-18-15(16)10-11-21-18/h3-4,6,8,10-11,13,16,19H,5,7,9,12H2,1-2H3. The smallest absolute Gasteiger partial charge is 0.124 e. The molecule has 3 heteroatoms. The summed E-state index contributed by atoms with van der Waals surface area (Å²) in [6.45, 7) is 5.01. The number of fused-ring (bicyclic) bond motifs is 1. The lowest BCUT2D eigenvalue weighted by molar-refractivity contribution is 0.239. The van der Waals surface area contributed by atoms with Gasteiger partial charge in [0.05, 0.1) is 6.10 Å². The maximum Gasteiger partial charge on any atom is 0.124 e. The van der Waals surface area contributed by atoms with Crippen molar-refractivity contribution in [3.63, 3.8) is 0 Å². The van der Waals surface area contributed by atoms with Crippen molar-refractivity contribution in [2.24, 2.45) is 0 Å². The number of nitrogens with one attached hydrogen (secondary N) is 1. The van der Waals surface area contributed by atoms with Crippen molar-refractivity contribution in [2.45, 2.75) is 51.8 Å². The lowest BCUT2D eigenvalue weighted by Gasteiger charge is -2.24. The molecular formula is C18H23NOS. The number of aryl methyl sites for hydroxylation is 1. The highest BCUT2D eigenvalue weighted by atomic mass is 32.1. The summed E-state index contributed by atoms with van der Waals surface area (Å²) in [6, 6.07) is 11.1. The van der Waals surface area contributed by atoms with Crippen LogP contribution in [-0.4, -0.2) is 6.10 Å². The van der Waals surface area contributed by atoms with E-state index in [0.717, 1.165) is 12.3 Å². The minimum Gasteiger partial charge on any atom is -0.491 e. The highest BCUT2D eigenvalue weighted by Gasteiger charge is 2.20. The third-order valence-corrected chi connectivity index (χ3v) is 4.92. The van der Waals surface area contributed by atoms with Crippen LogP contribution in [0.2, 0.25) is 0 Å². The van der Waals surface area contributed by atoms with Crippen LogP contribution < -0.4 is 10.1 Å². The Morgan fingerprint density at radius 1 is 1.29 bits per heavy atom. The largest absolute Gasteiger partial charge is 0.491 e. The van der Waals surface area contributed by atoms with Crippen molar-refractivity contribution < 1.29 is 4.74 Å². The summed E-state index contributed by atoms with van der Waals surface area (Å²) in [4.78, 5) is 1.56. The van der Waals surface area contributed by atoms with E-state index in [1.165, 1.54) is 30.4 Å². The minimum atomic E-state index is 0.212. The Morgan fingerprint density at radius 3 is 3.00 bits per heavy atom. The Morgan fingerprint density at radius 2 is 2.14 bits per heavy atom. The van der Waals surface area contributed by atoms with Crippen molar-refractivity contribution in [1.82, 2.24) is 5.32 Å². The van der Waals surface area contributed by atoms with Crippen LogP contribution in [0.15, 0.2) is 35.7 Å². The summed E-state index contributed by atoms with van der Waals surface area (Å²) in [7, 11) is 0. The van der Waals surface area contributed by atoms with Gasteiger partial charge in [0, 0.05) is 23.0 Å². The average molecular weight is 301 g/mol. The first-order valence-electron chi connectivity index (χ1n) is 7.78. The van der Waals surface area contributed by atoms with E-state index in [-0.39, 0.29) is 6.10 Å². The molecule has 1 aromatic carbocycles. The van der Waals surface area contributed by atoms with Crippen LogP contribution in [0.25, 0.3) is 0 Å². The first-order chi connectivity index (χ1) is 10.2. The normalized spacial score (nSPS) is 17.8. The van der Waals surface area contributed by atoms with Crippen LogP contribution in [0.4, 0.5) is 0 Å². The molecule has 1 N–H and O–H groups in total. The fourth-order valence-electron chi connectivity index (χ4n) is 2.95. The van der Waals surface area contributed by atoms with Crippen molar-refractivity contribution in [1.29, 1.82) is 0 Å². The molecule has 1 aliphatic carbocycles. The van der Waals surface area contributed by atoms with E-state index in [1.54, 1.807) is 4.88 Å². The van der Waals surface area contributed by atoms with E-state index in [9.17, 15) is 0 Å². The molecule has 1 atom stereocenters. The van der Waals surface area contributed by atoms with Gasteiger partial charge in [0.15, 0.2) is 0 Å². The van der Waals surface area contributed by atoms with Gasteiger partial charge in [-0.3, -0.25) is 0 Å². The van der Waals surface area contributed by atoms with Gasteiger partial charge < -0.3 is 10.1 Å². The molecule has 2 nitrogen and oxygen atoms in total. The molecule has 3 rings (SSSR count). The van der Waals surface area contributed by atoms with Crippen LogP contribution in [0.3, 0.4) is 0 Å². The maximum atomic E-state index is 5.90. The number of benzene rings is 1. The number of ether oxygens (including phenoxy) is 1. The van der Waals surface area contributed by atoms with Crippen LogP contribution in [0.1, 0.15) is 48.7 Å². The van der Waals surface area contributed by atoms with Crippen LogP contribution in [-0.2, 0) is 13.0 Å². The van der Waals surface area contributed by atoms with Gasteiger partial charge in [0.2, 0.25) is 0 Å². The van der Waals surface area contributed by atoms with Gasteiger partial charge in [-0.15, -0.1) is 11.3 Å². The Hall–Kier alpha value is -1.32. The molecule has 2 aromatic rings. The van der Waals surface area contributed by atoms with Gasteiger partial charge in [0.25, 0.3) is 0 Å². The predicted molar refractivity (Wildman–Crippen MR) is 89.0 cm³/mol. The molecule has 112 valence electrons. The molecule has 0 amide bonds. The van der Waals surface area contributed by atoms with Crippen LogP contribution in [0.5, 0.6) is 5.75 Å². The summed E-state index contributed by atoms with van der Waals surface area (Å²) < 4.78 is 5.90. The SMILES string of the molecule is CC(C)Oc1ccccc1CNC1CCCc2sccc21. The van der Waals surface area contributed by atoms with E-state index >= 15 is 0 Å². The second kappa shape index (κ2) is 6.63. The molecule has 1 heterocycles. The van der Waals surface area contributed by atoms with E-state index in [2.05, 4.69) is 48.8 Å². The highest BCUT2D eigenvalue weighted by Crippen LogP contribution is 2.33. The third-order valence-electron chi connectivity index (χ3n) is 3.93. The Kier molecular flexibility index (Phi) is 4.61. The Bertz CT molecular complexity index is 590. The lowest BCUT2D eigenvalue weighted by Crippen LogP contribution is -2.24. The van der Waals surface area contributed by atoms with E-state index in [4.69, 9.17) is 4.74 Å². The van der Waals surface area contributed by atoms with Gasteiger partial charge in [-0.25, -0.2) is 0 Å². The first kappa shape index (κ1) is 14.6. The fourth-order valence-corrected chi connectivity index (χ4v) is 3.94. The third kappa shape index (κ3) is 3.47. The highest BCUT2D eigenvalue weighted by molar-refractivity contribution is 7.10. The summed E-state index contributed by atoms with van der Waals surface area (Å²) in [5.74, 6) is 1.00. The molecule has 0 saturated heterocycles. The molecule has 1 aliphatic rings. The summed E-state index contributed by atoms with van der Waals surface area (Å²) in [6.07, 6.45) is 3.98. The van der Waals surface area contributed by atoms with Crippen LogP contribution >= 0.6 is 11.3 Å². The van der Waals surface area contributed by atoms with E-state index in [0.29, 0.717) is 6.04 Å². The second-order valence-electron chi connectivity index (χ2n) is 5.90. The number of thiophene rings is 1. The molecule has 21 heavy (non-hydrogen) atoms. The predicted octanol–water partition coefficient (Wildman–Crippen LogP) is 4.70. The van der Waals surface area contributed by atoms with Crippen LogP contribution in [0, 0.1) is 0 Å². The minimum absolute atomic E-state index is 0.212. The first-order valence-corrected chi connectivity index (χ1v) is 8.66. The molecule has 1 aromatic heterocycles. The van der Waals surface area contributed by atoms with Crippen molar-refractivity contribution >= 4 is 11.3 Å². The average Bonchev–Trinajstić information content (AvgIpc) is 2.95. The van der Waals surface area contributed by atoms with E-state index in [1.807, 2.05) is 17.4 Å². The Balaban J connectivity index is 1.69. The number of para-hydroxylation sites is 1. The maximum absolute atomic E-state index is 5.90. The van der Waals surface area contributed by atoms with Gasteiger partial charge in [-0.2, -0.15) is 0 Å². The molecule has 0 aliphatic heterocycles. The van der Waals surface area contributed by atoms with Gasteiger partial charge >= 0.3 is 0 Å². The molecule has 1 unspecified atom stereocenters. The molecule has 0 spiro atoms. The van der Waals surface area contributed by atoms with Gasteiger partial charge in [0.1, 0.15) is 5.75 Å². The lowest BCUT2D eigenvalue weighted by atomic mass is 9.94. The monoisotopic (exact) mass is 301 g/mol. The molecule has 0 saturated carbocycles. The summed E-state index contributed by atoms with van der Waals surface area (Å²) in [5, 5.41) is 5.94. The van der Waals surface area contributed by atoms with Crippen molar-refractivity contribution in [3.05, 3.63) is 51.7 Å². The number of hydrogen-bond donors (Lipinski definition) is 1. The van der Waals surface area contributed by atoms with Gasteiger partial charge in [-0.05, 0) is 56.2 Å². The Labute approximate surface area is 131 Å². The summed E-state index contributed by atoms with van der Waals surface area (Å²) in [5.41, 5.74) is 2.75. The van der Waals surface area contributed by atoms with E-state index < -0.39 is 0 Å². The number of rotatable bonds is 5. The zero-order valence-electron chi connectivity index (χ0n) is 12.8. The zero-order valence-corrected chi connectivity index (χ0v) is 13.6. The van der Waals surface area contributed by atoms with Crippen molar-refractivity contribution in [2.75, 3.05) is 0 Å². The number of hydrogen-bond acceptors (Lipinski definition) is 3. The topological polar surface area (TPSA) is 21.3 Å².